The molecule has 5 heteroatoms. The van der Waals surface area contributed by atoms with Crippen molar-refractivity contribution in [1.29, 1.82) is 0 Å². The highest BCUT2D eigenvalue weighted by molar-refractivity contribution is 5.87. The number of fused-ring (bicyclic) bond motifs is 1. The van der Waals surface area contributed by atoms with Crippen molar-refractivity contribution in [1.82, 2.24) is 9.78 Å². The van der Waals surface area contributed by atoms with Crippen LogP contribution in [0.1, 0.15) is 32.9 Å². The number of anilines is 1. The first-order valence-corrected chi connectivity index (χ1v) is 7.07. The van der Waals surface area contributed by atoms with E-state index in [0.717, 1.165) is 29.9 Å². The summed E-state index contributed by atoms with van der Waals surface area (Å²) in [5, 5.41) is 13.4. The number of hydrogen-bond donors (Lipinski definition) is 1. The highest BCUT2D eigenvalue weighted by atomic mass is 16.4. The van der Waals surface area contributed by atoms with E-state index < -0.39 is 5.97 Å². The van der Waals surface area contributed by atoms with Gasteiger partial charge in [-0.1, -0.05) is 6.07 Å². The van der Waals surface area contributed by atoms with Gasteiger partial charge in [0.15, 0.2) is 5.69 Å². The van der Waals surface area contributed by atoms with Gasteiger partial charge in [-0.25, -0.2) is 4.79 Å². The summed E-state index contributed by atoms with van der Waals surface area (Å²) in [5.74, 6) is -0.950. The predicted molar refractivity (Wildman–Crippen MR) is 80.8 cm³/mol. The van der Waals surface area contributed by atoms with Crippen molar-refractivity contribution in [2.75, 3.05) is 11.4 Å². The van der Waals surface area contributed by atoms with Crippen LogP contribution >= 0.6 is 0 Å². The first kappa shape index (κ1) is 13.7. The van der Waals surface area contributed by atoms with Crippen molar-refractivity contribution < 1.29 is 9.90 Å². The Kier molecular flexibility index (Phi) is 3.20. The lowest BCUT2D eigenvalue weighted by Crippen LogP contribution is -2.31. The number of nitrogens with zero attached hydrogens (tertiary/aromatic N) is 3. The van der Waals surface area contributed by atoms with E-state index in [-0.39, 0.29) is 5.69 Å². The molecule has 5 nitrogen and oxygen atoms in total. The van der Waals surface area contributed by atoms with Gasteiger partial charge in [-0.3, -0.25) is 4.68 Å². The molecule has 0 fully saturated rings. The molecule has 2 aromatic rings. The minimum atomic E-state index is -0.950. The molecule has 0 saturated heterocycles. The number of hydrogen-bond acceptors (Lipinski definition) is 3. The van der Waals surface area contributed by atoms with Crippen LogP contribution in [0.25, 0.3) is 0 Å². The summed E-state index contributed by atoms with van der Waals surface area (Å²) in [4.78, 5) is 13.6. The second-order valence-electron chi connectivity index (χ2n) is 5.64. The summed E-state index contributed by atoms with van der Waals surface area (Å²) in [7, 11) is 1.82. The fourth-order valence-corrected chi connectivity index (χ4v) is 2.91. The SMILES string of the molecule is Cc1ccc(N2CCc3c(c(C(=O)O)nn3C)C2)cc1C. The number of aryl methyl sites for hydroxylation is 3. The zero-order chi connectivity index (χ0) is 15.1. The monoisotopic (exact) mass is 285 g/mol. The molecule has 21 heavy (non-hydrogen) atoms. The Morgan fingerprint density at radius 1 is 1.29 bits per heavy atom. The summed E-state index contributed by atoms with van der Waals surface area (Å²) < 4.78 is 1.70. The molecule has 0 radical (unpaired) electrons. The quantitative estimate of drug-likeness (QED) is 0.920. The maximum atomic E-state index is 11.3. The molecule has 1 N–H and O–H groups in total. The second-order valence-corrected chi connectivity index (χ2v) is 5.64. The van der Waals surface area contributed by atoms with Crippen LogP contribution in [0.3, 0.4) is 0 Å². The molecule has 0 spiro atoms. The Morgan fingerprint density at radius 2 is 2.05 bits per heavy atom. The molecule has 0 aliphatic carbocycles. The molecule has 1 aromatic heterocycles. The molecule has 1 aliphatic heterocycles. The molecular weight excluding hydrogens is 266 g/mol. The topological polar surface area (TPSA) is 58.4 Å². The van der Waals surface area contributed by atoms with Gasteiger partial charge in [-0.15, -0.1) is 0 Å². The summed E-state index contributed by atoms with van der Waals surface area (Å²) >= 11 is 0. The lowest BCUT2D eigenvalue weighted by molar-refractivity contribution is 0.0688. The molecular formula is C16H19N3O2. The summed E-state index contributed by atoms with van der Waals surface area (Å²) in [6.45, 7) is 5.68. The van der Waals surface area contributed by atoms with Gasteiger partial charge in [0.1, 0.15) is 0 Å². The zero-order valence-corrected chi connectivity index (χ0v) is 12.6. The van der Waals surface area contributed by atoms with Gasteiger partial charge < -0.3 is 10.0 Å². The van der Waals surface area contributed by atoms with Crippen LogP contribution < -0.4 is 4.90 Å². The second kappa shape index (κ2) is 4.91. The maximum absolute atomic E-state index is 11.3. The van der Waals surface area contributed by atoms with Crippen molar-refractivity contribution in [2.24, 2.45) is 7.05 Å². The van der Waals surface area contributed by atoms with Crippen LogP contribution in [0.4, 0.5) is 5.69 Å². The Morgan fingerprint density at radius 3 is 2.71 bits per heavy atom. The van der Waals surface area contributed by atoms with Crippen LogP contribution in [0.2, 0.25) is 0 Å². The normalized spacial score (nSPS) is 14.1. The summed E-state index contributed by atoms with van der Waals surface area (Å²) in [6.07, 6.45) is 0.818. The Balaban J connectivity index is 1.96. The van der Waals surface area contributed by atoms with Crippen molar-refractivity contribution in [3.05, 3.63) is 46.3 Å². The molecule has 0 unspecified atom stereocenters. The fourth-order valence-electron chi connectivity index (χ4n) is 2.91. The first-order chi connectivity index (χ1) is 9.97. The van der Waals surface area contributed by atoms with E-state index >= 15 is 0 Å². The molecule has 0 amide bonds. The first-order valence-electron chi connectivity index (χ1n) is 7.07. The largest absolute Gasteiger partial charge is 0.476 e. The number of carboxylic acids is 1. The van der Waals surface area contributed by atoms with Gasteiger partial charge in [-0.2, -0.15) is 5.10 Å². The van der Waals surface area contributed by atoms with Gasteiger partial charge in [0, 0.05) is 43.5 Å². The third kappa shape index (κ3) is 2.28. The van der Waals surface area contributed by atoms with Crippen molar-refractivity contribution in [3.63, 3.8) is 0 Å². The van der Waals surface area contributed by atoms with Crippen molar-refractivity contribution >= 4 is 11.7 Å². The van der Waals surface area contributed by atoms with Crippen LogP contribution in [0, 0.1) is 13.8 Å². The standard InChI is InChI=1S/C16H19N3O2/c1-10-4-5-12(8-11(10)2)19-7-6-14-13(9-19)15(16(20)21)17-18(14)3/h4-5,8H,6-7,9H2,1-3H3,(H,20,21). The van der Waals surface area contributed by atoms with E-state index in [0.29, 0.717) is 6.54 Å². The molecule has 0 atom stereocenters. The number of rotatable bonds is 2. The lowest BCUT2D eigenvalue weighted by atomic mass is 10.0. The number of aromatic carboxylic acids is 1. The molecule has 0 saturated carbocycles. The van der Waals surface area contributed by atoms with Gasteiger partial charge in [-0.05, 0) is 37.1 Å². The minimum absolute atomic E-state index is 0.182. The van der Waals surface area contributed by atoms with Crippen molar-refractivity contribution in [2.45, 2.75) is 26.8 Å². The van der Waals surface area contributed by atoms with E-state index in [1.54, 1.807) is 4.68 Å². The number of carbonyl (C=O) groups is 1. The summed E-state index contributed by atoms with van der Waals surface area (Å²) in [6, 6.07) is 6.38. The van der Waals surface area contributed by atoms with Crippen LogP contribution in [-0.4, -0.2) is 27.4 Å². The lowest BCUT2D eigenvalue weighted by Gasteiger charge is -2.29. The highest BCUT2D eigenvalue weighted by Crippen LogP contribution is 2.27. The highest BCUT2D eigenvalue weighted by Gasteiger charge is 2.27. The van der Waals surface area contributed by atoms with Gasteiger partial charge in [0.25, 0.3) is 0 Å². The molecule has 2 heterocycles. The number of benzene rings is 1. The minimum Gasteiger partial charge on any atom is -0.476 e. The van der Waals surface area contributed by atoms with Crippen LogP contribution in [0.5, 0.6) is 0 Å². The fraction of sp³-hybridized carbons (Fsp3) is 0.375. The zero-order valence-electron chi connectivity index (χ0n) is 12.6. The van der Waals surface area contributed by atoms with E-state index in [4.69, 9.17) is 0 Å². The molecule has 1 aliphatic rings. The molecule has 3 rings (SSSR count). The third-order valence-corrected chi connectivity index (χ3v) is 4.30. The van der Waals surface area contributed by atoms with Crippen LogP contribution in [-0.2, 0) is 20.0 Å². The van der Waals surface area contributed by atoms with E-state index in [2.05, 4.69) is 42.0 Å². The number of carboxylic acid groups (broad SMARTS) is 1. The number of aromatic nitrogens is 2. The van der Waals surface area contributed by atoms with Gasteiger partial charge >= 0.3 is 5.97 Å². The van der Waals surface area contributed by atoms with Crippen molar-refractivity contribution in [3.8, 4) is 0 Å². The molecule has 0 bridgehead atoms. The Hall–Kier alpha value is -2.30. The molecule has 110 valence electrons. The third-order valence-electron chi connectivity index (χ3n) is 4.30. The maximum Gasteiger partial charge on any atom is 0.356 e. The Bertz CT molecular complexity index is 719. The predicted octanol–water partition coefficient (Wildman–Crippen LogP) is 2.30. The van der Waals surface area contributed by atoms with E-state index in [1.165, 1.54) is 11.1 Å². The van der Waals surface area contributed by atoms with E-state index in [1.807, 2.05) is 7.05 Å². The van der Waals surface area contributed by atoms with Crippen LogP contribution in [0.15, 0.2) is 18.2 Å². The van der Waals surface area contributed by atoms with E-state index in [9.17, 15) is 9.90 Å². The van der Waals surface area contributed by atoms with Gasteiger partial charge in [0.05, 0.1) is 0 Å². The summed E-state index contributed by atoms with van der Waals surface area (Å²) in [5.41, 5.74) is 5.72. The van der Waals surface area contributed by atoms with Gasteiger partial charge in [0.2, 0.25) is 0 Å². The average Bonchev–Trinajstić information content (AvgIpc) is 2.79. The molecule has 1 aromatic carbocycles. The average molecular weight is 285 g/mol. The Labute approximate surface area is 123 Å². The smallest absolute Gasteiger partial charge is 0.356 e.